The number of carbonyl (C=O) groups is 2. The summed E-state index contributed by atoms with van der Waals surface area (Å²) in [5.74, 6) is -0.470. The van der Waals surface area contributed by atoms with Crippen molar-refractivity contribution in [3.8, 4) is 11.5 Å². The molecule has 7 nitrogen and oxygen atoms in total. The van der Waals surface area contributed by atoms with Crippen molar-refractivity contribution in [3.05, 3.63) is 57.2 Å². The number of amides is 1. The number of aromatic carboxylic acids is 1. The van der Waals surface area contributed by atoms with E-state index in [1.54, 1.807) is 29.5 Å². The van der Waals surface area contributed by atoms with Crippen LogP contribution in [0.1, 0.15) is 39.4 Å². The molecule has 2 N–H and O–H groups in total. The Morgan fingerprint density at radius 1 is 1.24 bits per heavy atom. The zero-order valence-electron chi connectivity index (χ0n) is 15.9. The van der Waals surface area contributed by atoms with Crippen LogP contribution in [0.2, 0.25) is 0 Å². The number of hydrogen-bond donors (Lipinski definition) is 2. The molecule has 1 amide bonds. The molecule has 0 saturated heterocycles. The summed E-state index contributed by atoms with van der Waals surface area (Å²) < 4.78 is 11.6. The smallest absolute Gasteiger partial charge is 0.347 e. The zero-order chi connectivity index (χ0) is 20.8. The summed E-state index contributed by atoms with van der Waals surface area (Å²) in [7, 11) is 0. The van der Waals surface area contributed by atoms with Crippen LogP contribution >= 0.6 is 22.7 Å². The van der Waals surface area contributed by atoms with Crippen LogP contribution in [0.3, 0.4) is 0 Å². The summed E-state index contributed by atoms with van der Waals surface area (Å²) in [4.78, 5) is 27.6. The Bertz CT molecular complexity index is 983. The Kier molecular flexibility index (Phi) is 6.84. The second kappa shape index (κ2) is 9.53. The maximum Gasteiger partial charge on any atom is 0.347 e. The molecule has 0 spiro atoms. The number of carboxylic acids is 1. The molecule has 0 aliphatic heterocycles. The molecular weight excluding hydrogens is 412 g/mol. The van der Waals surface area contributed by atoms with E-state index in [0.29, 0.717) is 23.7 Å². The number of carboxylic acid groups (broad SMARTS) is 1. The van der Waals surface area contributed by atoms with E-state index >= 15 is 0 Å². The number of thiophene rings is 1. The van der Waals surface area contributed by atoms with E-state index in [0.717, 1.165) is 17.8 Å². The molecule has 9 heteroatoms. The van der Waals surface area contributed by atoms with Crippen LogP contribution in [0.5, 0.6) is 11.5 Å². The maximum atomic E-state index is 12.6. The maximum absolute atomic E-state index is 12.6. The van der Waals surface area contributed by atoms with Crippen LogP contribution in [-0.2, 0) is 6.42 Å². The summed E-state index contributed by atoms with van der Waals surface area (Å²) in [5, 5.41) is 15.9. The molecule has 29 heavy (non-hydrogen) atoms. The molecule has 152 valence electrons. The third-order valence-electron chi connectivity index (χ3n) is 3.69. The standard InChI is InChI=1S/C20H20N2O5S2/c1-12(2)27-16-8-14(18(23)22-20-21-10-17(29-20)19(24)25)7-15(9-16)26-5-3-13-4-6-28-11-13/h4,6-12H,3,5H2,1-2H3,(H,24,25)(H,21,22,23). The van der Waals surface area contributed by atoms with Gasteiger partial charge < -0.3 is 14.6 Å². The monoisotopic (exact) mass is 432 g/mol. The Balaban J connectivity index is 1.74. The van der Waals surface area contributed by atoms with Crippen LogP contribution in [-0.4, -0.2) is 34.7 Å². The van der Waals surface area contributed by atoms with Gasteiger partial charge in [-0.05, 0) is 48.4 Å². The third-order valence-corrected chi connectivity index (χ3v) is 5.32. The fourth-order valence-electron chi connectivity index (χ4n) is 2.45. The lowest BCUT2D eigenvalue weighted by Crippen LogP contribution is -2.13. The van der Waals surface area contributed by atoms with Gasteiger partial charge in [0.05, 0.1) is 18.9 Å². The molecule has 0 unspecified atom stereocenters. The van der Waals surface area contributed by atoms with E-state index in [-0.39, 0.29) is 16.1 Å². The van der Waals surface area contributed by atoms with Crippen molar-refractivity contribution in [2.24, 2.45) is 0 Å². The van der Waals surface area contributed by atoms with Gasteiger partial charge in [-0.2, -0.15) is 11.3 Å². The van der Waals surface area contributed by atoms with Crippen molar-refractivity contribution in [1.29, 1.82) is 0 Å². The number of anilines is 1. The number of carbonyl (C=O) groups excluding carboxylic acids is 1. The van der Waals surface area contributed by atoms with Crippen LogP contribution in [0, 0.1) is 0 Å². The van der Waals surface area contributed by atoms with Gasteiger partial charge in [-0.3, -0.25) is 10.1 Å². The molecule has 0 saturated carbocycles. The lowest BCUT2D eigenvalue weighted by atomic mass is 10.2. The first-order valence-corrected chi connectivity index (χ1v) is 10.6. The molecule has 0 bridgehead atoms. The highest BCUT2D eigenvalue weighted by Gasteiger charge is 2.15. The lowest BCUT2D eigenvalue weighted by Gasteiger charge is -2.14. The summed E-state index contributed by atoms with van der Waals surface area (Å²) in [6.07, 6.45) is 1.90. The molecule has 3 aromatic rings. The van der Waals surface area contributed by atoms with Crippen molar-refractivity contribution < 1.29 is 24.2 Å². The number of ether oxygens (including phenoxy) is 2. The molecule has 1 aromatic carbocycles. The predicted molar refractivity (Wildman–Crippen MR) is 113 cm³/mol. The molecule has 0 atom stereocenters. The minimum Gasteiger partial charge on any atom is -0.493 e. The summed E-state index contributed by atoms with van der Waals surface area (Å²) in [5.41, 5.74) is 1.53. The number of nitrogens with one attached hydrogen (secondary N) is 1. The van der Waals surface area contributed by atoms with E-state index in [2.05, 4.69) is 15.7 Å². The van der Waals surface area contributed by atoms with Crippen molar-refractivity contribution >= 4 is 39.7 Å². The molecule has 3 rings (SSSR count). The van der Waals surface area contributed by atoms with Gasteiger partial charge in [0.25, 0.3) is 5.91 Å². The molecule has 0 fully saturated rings. The first-order chi connectivity index (χ1) is 13.9. The van der Waals surface area contributed by atoms with E-state index in [9.17, 15) is 9.59 Å². The average molecular weight is 433 g/mol. The van der Waals surface area contributed by atoms with Crippen molar-refractivity contribution in [2.45, 2.75) is 26.4 Å². The van der Waals surface area contributed by atoms with Crippen LogP contribution in [0.4, 0.5) is 5.13 Å². The highest BCUT2D eigenvalue weighted by molar-refractivity contribution is 7.17. The molecule has 0 aliphatic rings. The van der Waals surface area contributed by atoms with Gasteiger partial charge in [0, 0.05) is 18.1 Å². The van der Waals surface area contributed by atoms with Crippen LogP contribution in [0.15, 0.2) is 41.2 Å². The van der Waals surface area contributed by atoms with Gasteiger partial charge in [-0.25, -0.2) is 9.78 Å². The second-order valence-corrected chi connectivity index (χ2v) is 8.19. The number of rotatable bonds is 9. The van der Waals surface area contributed by atoms with Gasteiger partial charge in [0.2, 0.25) is 0 Å². The third kappa shape index (κ3) is 6.03. The van der Waals surface area contributed by atoms with E-state index < -0.39 is 11.9 Å². The Hall–Kier alpha value is -2.91. The number of benzene rings is 1. The molecule has 0 aliphatic carbocycles. The zero-order valence-corrected chi connectivity index (χ0v) is 17.5. The van der Waals surface area contributed by atoms with Crippen molar-refractivity contribution in [2.75, 3.05) is 11.9 Å². The quantitative estimate of drug-likeness (QED) is 0.514. The van der Waals surface area contributed by atoms with E-state index in [4.69, 9.17) is 14.6 Å². The fourth-order valence-corrected chi connectivity index (χ4v) is 3.80. The molecule has 2 aromatic heterocycles. The summed E-state index contributed by atoms with van der Waals surface area (Å²) in [6.45, 7) is 4.26. The first kappa shape index (κ1) is 20.8. The van der Waals surface area contributed by atoms with Crippen LogP contribution < -0.4 is 14.8 Å². The number of hydrogen-bond acceptors (Lipinski definition) is 7. The van der Waals surface area contributed by atoms with Crippen LogP contribution in [0.25, 0.3) is 0 Å². The largest absolute Gasteiger partial charge is 0.493 e. The van der Waals surface area contributed by atoms with Crippen molar-refractivity contribution in [1.82, 2.24) is 4.98 Å². The van der Waals surface area contributed by atoms with Gasteiger partial charge in [0.15, 0.2) is 5.13 Å². The molecular formula is C20H20N2O5S2. The normalized spacial score (nSPS) is 10.7. The van der Waals surface area contributed by atoms with Gasteiger partial charge in [-0.1, -0.05) is 11.3 Å². The van der Waals surface area contributed by atoms with E-state index in [1.165, 1.54) is 11.8 Å². The first-order valence-electron chi connectivity index (χ1n) is 8.87. The number of thiazole rings is 1. The average Bonchev–Trinajstić information content (AvgIpc) is 3.33. The lowest BCUT2D eigenvalue weighted by molar-refractivity contribution is 0.0701. The van der Waals surface area contributed by atoms with Gasteiger partial charge in [-0.15, -0.1) is 0 Å². The predicted octanol–water partition coefficient (Wildman–Crippen LogP) is 4.56. The summed E-state index contributed by atoms with van der Waals surface area (Å²) >= 11 is 2.53. The minimum absolute atomic E-state index is 0.0506. The Morgan fingerprint density at radius 2 is 2.03 bits per heavy atom. The number of aromatic nitrogens is 1. The van der Waals surface area contributed by atoms with Crippen molar-refractivity contribution in [3.63, 3.8) is 0 Å². The highest BCUT2D eigenvalue weighted by atomic mass is 32.1. The Labute approximate surface area is 175 Å². The topological polar surface area (TPSA) is 97.8 Å². The Morgan fingerprint density at radius 3 is 2.69 bits per heavy atom. The molecule has 2 heterocycles. The van der Waals surface area contributed by atoms with Gasteiger partial charge in [0.1, 0.15) is 16.4 Å². The minimum atomic E-state index is -1.09. The van der Waals surface area contributed by atoms with E-state index in [1.807, 2.05) is 25.3 Å². The van der Waals surface area contributed by atoms with Gasteiger partial charge >= 0.3 is 5.97 Å². The highest BCUT2D eigenvalue weighted by Crippen LogP contribution is 2.26. The number of nitrogens with zero attached hydrogens (tertiary/aromatic N) is 1. The second-order valence-electron chi connectivity index (χ2n) is 6.38. The summed E-state index contributed by atoms with van der Waals surface area (Å²) in [6, 6.07) is 7.04. The SMILES string of the molecule is CC(C)Oc1cc(OCCc2ccsc2)cc(C(=O)Nc2ncc(C(=O)O)s2)c1. The fraction of sp³-hybridized carbons (Fsp3) is 0.250. The molecule has 0 radical (unpaired) electrons.